The highest BCUT2D eigenvalue weighted by Gasteiger charge is 2.07. The molecule has 0 atom stereocenters. The van der Waals surface area contributed by atoms with Crippen LogP contribution in [0.1, 0.15) is 5.56 Å². The maximum Gasteiger partial charge on any atom is 0.329 e. The lowest BCUT2D eigenvalue weighted by Gasteiger charge is -2.06. The van der Waals surface area contributed by atoms with Crippen LogP contribution in [0.2, 0.25) is 5.28 Å². The molecule has 0 aliphatic heterocycles. The van der Waals surface area contributed by atoms with Gasteiger partial charge in [0.25, 0.3) is 0 Å². The Balaban J connectivity index is 2.07. The van der Waals surface area contributed by atoms with E-state index in [0.717, 1.165) is 12.0 Å². The van der Waals surface area contributed by atoms with E-state index < -0.39 is 0 Å². The molecule has 20 heavy (non-hydrogen) atoms. The number of halogens is 1. The fourth-order valence-corrected chi connectivity index (χ4v) is 1.65. The number of methoxy groups -OCH3 is 2. The molecule has 0 saturated heterocycles. The molecule has 0 amide bonds. The Morgan fingerprint density at radius 2 is 1.70 bits per heavy atom. The average Bonchev–Trinajstić information content (AvgIpc) is 2.46. The zero-order valence-electron chi connectivity index (χ0n) is 11.2. The van der Waals surface area contributed by atoms with Crippen molar-refractivity contribution in [3.05, 3.63) is 35.1 Å². The van der Waals surface area contributed by atoms with E-state index in [1.54, 1.807) is 7.11 Å². The van der Waals surface area contributed by atoms with Crippen molar-refractivity contribution in [1.29, 1.82) is 0 Å². The number of hydrogen-bond donors (Lipinski definition) is 0. The summed E-state index contributed by atoms with van der Waals surface area (Å²) in [6, 6.07) is 7.76. The highest BCUT2D eigenvalue weighted by molar-refractivity contribution is 6.28. The Bertz CT molecular complexity index is 563. The molecule has 0 unspecified atom stereocenters. The molecular formula is C13H14ClN3O3. The molecule has 2 rings (SSSR count). The molecule has 0 bridgehead atoms. The third-order valence-corrected chi connectivity index (χ3v) is 2.65. The van der Waals surface area contributed by atoms with Crippen LogP contribution >= 0.6 is 11.6 Å². The Hall–Kier alpha value is -1.92. The van der Waals surface area contributed by atoms with Gasteiger partial charge in [0.15, 0.2) is 0 Å². The van der Waals surface area contributed by atoms with E-state index in [9.17, 15) is 0 Å². The summed E-state index contributed by atoms with van der Waals surface area (Å²) in [4.78, 5) is 11.6. The quantitative estimate of drug-likeness (QED) is 0.816. The van der Waals surface area contributed by atoms with Crippen LogP contribution in [-0.2, 0) is 11.2 Å². The van der Waals surface area contributed by atoms with Gasteiger partial charge in [-0.1, -0.05) is 12.1 Å². The predicted octanol–water partition coefficient (Wildman–Crippen LogP) is 2.51. The molecule has 106 valence electrons. The van der Waals surface area contributed by atoms with Crippen molar-refractivity contribution in [3.63, 3.8) is 0 Å². The molecule has 0 aliphatic rings. The van der Waals surface area contributed by atoms with Crippen LogP contribution in [0.3, 0.4) is 0 Å². The zero-order valence-corrected chi connectivity index (χ0v) is 11.9. The van der Waals surface area contributed by atoms with Crippen molar-refractivity contribution in [2.45, 2.75) is 6.42 Å². The Labute approximate surface area is 121 Å². The van der Waals surface area contributed by atoms with Crippen molar-refractivity contribution in [2.75, 3.05) is 20.8 Å². The summed E-state index contributed by atoms with van der Waals surface area (Å²) in [7, 11) is 3.12. The van der Waals surface area contributed by atoms with Gasteiger partial charge in [0.2, 0.25) is 5.28 Å². The largest absolute Gasteiger partial charge is 0.467 e. The fourth-order valence-electron chi connectivity index (χ4n) is 1.50. The van der Waals surface area contributed by atoms with Crippen LogP contribution in [-0.4, -0.2) is 35.8 Å². The van der Waals surface area contributed by atoms with Crippen LogP contribution in [0.15, 0.2) is 24.3 Å². The molecule has 0 saturated carbocycles. The van der Waals surface area contributed by atoms with Gasteiger partial charge in [0.1, 0.15) is 5.75 Å². The Kier molecular flexibility index (Phi) is 5.09. The minimum absolute atomic E-state index is 0.0172. The van der Waals surface area contributed by atoms with E-state index in [-0.39, 0.29) is 17.3 Å². The zero-order chi connectivity index (χ0) is 14.4. The van der Waals surface area contributed by atoms with Gasteiger partial charge in [-0.05, 0) is 35.7 Å². The maximum atomic E-state index is 5.74. The van der Waals surface area contributed by atoms with Gasteiger partial charge in [-0.15, -0.1) is 4.98 Å². The Morgan fingerprint density at radius 3 is 2.35 bits per heavy atom. The molecule has 6 nitrogen and oxygen atoms in total. The van der Waals surface area contributed by atoms with Gasteiger partial charge < -0.3 is 14.2 Å². The lowest BCUT2D eigenvalue weighted by atomic mass is 10.1. The van der Waals surface area contributed by atoms with Crippen molar-refractivity contribution in [3.8, 4) is 17.8 Å². The third kappa shape index (κ3) is 4.04. The summed E-state index contributed by atoms with van der Waals surface area (Å²) in [5, 5.41) is 0.0172. The number of ether oxygens (including phenoxy) is 3. The van der Waals surface area contributed by atoms with Crippen LogP contribution < -0.4 is 9.47 Å². The summed E-state index contributed by atoms with van der Waals surface area (Å²) in [6.07, 6.45) is 0.849. The van der Waals surface area contributed by atoms with E-state index in [4.69, 9.17) is 25.8 Å². The summed E-state index contributed by atoms with van der Waals surface area (Å²) in [5.74, 6) is 0.607. The molecular weight excluding hydrogens is 282 g/mol. The molecule has 1 aromatic heterocycles. The van der Waals surface area contributed by atoms with Gasteiger partial charge in [0.05, 0.1) is 13.7 Å². The summed E-state index contributed by atoms with van der Waals surface area (Å²) < 4.78 is 15.4. The maximum absolute atomic E-state index is 5.74. The fraction of sp³-hybridized carbons (Fsp3) is 0.308. The second-order valence-corrected chi connectivity index (χ2v) is 4.20. The number of rotatable bonds is 6. The first-order chi connectivity index (χ1) is 9.71. The SMILES string of the molecule is COCCc1ccc(Oc2nc(Cl)nc(OC)n2)cc1. The first-order valence-electron chi connectivity index (χ1n) is 5.92. The van der Waals surface area contributed by atoms with Crippen LogP contribution in [0.4, 0.5) is 0 Å². The highest BCUT2D eigenvalue weighted by Crippen LogP contribution is 2.21. The minimum atomic E-state index is 0.0172. The Morgan fingerprint density at radius 1 is 1.00 bits per heavy atom. The predicted molar refractivity (Wildman–Crippen MR) is 73.5 cm³/mol. The van der Waals surface area contributed by atoms with Gasteiger partial charge in [-0.25, -0.2) is 0 Å². The lowest BCUT2D eigenvalue weighted by Crippen LogP contribution is -1.99. The second-order valence-electron chi connectivity index (χ2n) is 3.86. The van der Waals surface area contributed by atoms with Crippen molar-refractivity contribution >= 4 is 11.6 Å². The number of aromatic nitrogens is 3. The summed E-state index contributed by atoms with van der Waals surface area (Å²) in [5.41, 5.74) is 1.16. The van der Waals surface area contributed by atoms with Gasteiger partial charge in [0, 0.05) is 7.11 Å². The van der Waals surface area contributed by atoms with E-state index in [2.05, 4.69) is 15.0 Å². The highest BCUT2D eigenvalue weighted by atomic mass is 35.5. The number of hydrogen-bond acceptors (Lipinski definition) is 6. The van der Waals surface area contributed by atoms with Crippen LogP contribution in [0.25, 0.3) is 0 Å². The van der Waals surface area contributed by atoms with E-state index in [0.29, 0.717) is 12.4 Å². The first kappa shape index (κ1) is 14.5. The van der Waals surface area contributed by atoms with Gasteiger partial charge in [-0.2, -0.15) is 9.97 Å². The summed E-state index contributed by atoms with van der Waals surface area (Å²) in [6.45, 7) is 0.681. The second kappa shape index (κ2) is 7.02. The smallest absolute Gasteiger partial charge is 0.329 e. The first-order valence-corrected chi connectivity index (χ1v) is 6.30. The molecule has 7 heteroatoms. The molecule has 0 aliphatic carbocycles. The molecule has 1 heterocycles. The van der Waals surface area contributed by atoms with Gasteiger partial charge >= 0.3 is 12.0 Å². The third-order valence-electron chi connectivity index (χ3n) is 2.48. The molecule has 0 N–H and O–H groups in total. The molecule has 0 spiro atoms. The van der Waals surface area contributed by atoms with Crippen LogP contribution in [0.5, 0.6) is 17.8 Å². The van der Waals surface area contributed by atoms with Crippen molar-refractivity contribution in [1.82, 2.24) is 15.0 Å². The van der Waals surface area contributed by atoms with Gasteiger partial charge in [-0.3, -0.25) is 0 Å². The monoisotopic (exact) mass is 295 g/mol. The molecule has 2 aromatic rings. The van der Waals surface area contributed by atoms with Crippen molar-refractivity contribution < 1.29 is 14.2 Å². The number of benzene rings is 1. The molecule has 1 aromatic carbocycles. The minimum Gasteiger partial charge on any atom is -0.467 e. The lowest BCUT2D eigenvalue weighted by molar-refractivity contribution is 0.202. The number of nitrogens with zero attached hydrogens (tertiary/aromatic N) is 3. The molecule has 0 fully saturated rings. The average molecular weight is 296 g/mol. The standard InChI is InChI=1S/C13H14ClN3O3/c1-18-8-7-9-3-5-10(6-4-9)20-13-16-11(14)15-12(17-13)19-2/h3-6H,7-8H2,1-2H3. The van der Waals surface area contributed by atoms with Crippen LogP contribution in [0, 0.1) is 0 Å². The van der Waals surface area contributed by atoms with E-state index in [1.807, 2.05) is 24.3 Å². The van der Waals surface area contributed by atoms with E-state index in [1.165, 1.54) is 7.11 Å². The normalized spacial score (nSPS) is 10.3. The van der Waals surface area contributed by atoms with E-state index >= 15 is 0 Å². The summed E-state index contributed by atoms with van der Waals surface area (Å²) >= 11 is 5.74. The van der Waals surface area contributed by atoms with Crippen molar-refractivity contribution in [2.24, 2.45) is 0 Å². The molecule has 0 radical (unpaired) electrons. The topological polar surface area (TPSA) is 66.4 Å².